The van der Waals surface area contributed by atoms with Gasteiger partial charge in [-0.1, -0.05) is 18.6 Å². The Morgan fingerprint density at radius 2 is 2.35 bits per heavy atom. The normalized spacial score (nSPS) is 15.4. The van der Waals surface area contributed by atoms with Crippen LogP contribution in [0.5, 0.6) is 0 Å². The highest BCUT2D eigenvalue weighted by Crippen LogP contribution is 2.29. The largest absolute Gasteiger partial charge is 0.389 e. The molecule has 0 radical (unpaired) electrons. The van der Waals surface area contributed by atoms with Crippen LogP contribution in [0.4, 0.5) is 5.82 Å². The molecule has 1 aliphatic carbocycles. The van der Waals surface area contributed by atoms with Crippen molar-refractivity contribution in [3.63, 3.8) is 0 Å². The monoisotopic (exact) mass is 250 g/mol. The van der Waals surface area contributed by atoms with E-state index in [9.17, 15) is 0 Å². The molecule has 0 amide bonds. The van der Waals surface area contributed by atoms with Crippen molar-refractivity contribution in [1.29, 1.82) is 0 Å². The van der Waals surface area contributed by atoms with Crippen LogP contribution in [0.2, 0.25) is 0 Å². The first-order valence-electron chi connectivity index (χ1n) is 6.08. The molecule has 17 heavy (non-hydrogen) atoms. The van der Waals surface area contributed by atoms with Gasteiger partial charge < -0.3 is 10.6 Å². The molecule has 1 aromatic rings. The number of nitrogens with zero attached hydrogens (tertiary/aromatic N) is 3. The van der Waals surface area contributed by atoms with E-state index in [1.807, 2.05) is 6.07 Å². The second-order valence-electron chi connectivity index (χ2n) is 4.47. The quantitative estimate of drug-likeness (QED) is 0.807. The molecule has 0 unspecified atom stereocenters. The number of aromatic nitrogens is 2. The van der Waals surface area contributed by atoms with Gasteiger partial charge in [0.1, 0.15) is 4.99 Å². The van der Waals surface area contributed by atoms with Crippen LogP contribution in [0.3, 0.4) is 0 Å². The topological polar surface area (TPSA) is 55.0 Å². The zero-order valence-electron chi connectivity index (χ0n) is 10.1. The lowest BCUT2D eigenvalue weighted by atomic mass is 9.85. The maximum Gasteiger partial charge on any atom is 0.161 e. The fraction of sp³-hybridized carbons (Fsp3) is 0.583. The van der Waals surface area contributed by atoms with Gasteiger partial charge in [0.25, 0.3) is 0 Å². The number of rotatable bonds is 5. The molecule has 5 heteroatoms. The molecule has 1 heterocycles. The van der Waals surface area contributed by atoms with E-state index in [1.54, 1.807) is 6.20 Å². The lowest BCUT2D eigenvalue weighted by Gasteiger charge is -2.32. The molecule has 0 spiro atoms. The van der Waals surface area contributed by atoms with Gasteiger partial charge in [-0.15, -0.1) is 5.10 Å². The minimum absolute atomic E-state index is 0.391. The number of hydrogen-bond donors (Lipinski definition) is 1. The lowest BCUT2D eigenvalue weighted by molar-refractivity contribution is 0.318. The molecule has 0 atom stereocenters. The van der Waals surface area contributed by atoms with Gasteiger partial charge in [-0.05, 0) is 31.7 Å². The molecule has 0 saturated heterocycles. The first-order valence-corrected chi connectivity index (χ1v) is 6.49. The maximum absolute atomic E-state index is 5.72. The second-order valence-corrected chi connectivity index (χ2v) is 4.91. The molecule has 1 aromatic heterocycles. The summed E-state index contributed by atoms with van der Waals surface area (Å²) in [6.07, 6.45) is 5.62. The van der Waals surface area contributed by atoms with Crippen LogP contribution in [0.15, 0.2) is 12.3 Å². The molecule has 4 nitrogen and oxygen atoms in total. The molecular formula is C12H18N4S. The molecule has 1 fully saturated rings. The summed E-state index contributed by atoms with van der Waals surface area (Å²) in [7, 11) is 0. The zero-order chi connectivity index (χ0) is 12.3. The fourth-order valence-electron chi connectivity index (χ4n) is 2.10. The third-order valence-electron chi connectivity index (χ3n) is 3.35. The van der Waals surface area contributed by atoms with Crippen LogP contribution in [0.25, 0.3) is 0 Å². The van der Waals surface area contributed by atoms with E-state index in [0.717, 1.165) is 30.4 Å². The van der Waals surface area contributed by atoms with Crippen molar-refractivity contribution in [2.45, 2.75) is 26.2 Å². The smallest absolute Gasteiger partial charge is 0.161 e. The van der Waals surface area contributed by atoms with E-state index in [4.69, 9.17) is 18.0 Å². The number of anilines is 1. The summed E-state index contributed by atoms with van der Waals surface area (Å²) in [5.41, 5.74) is 6.55. The summed E-state index contributed by atoms with van der Waals surface area (Å²) in [5.74, 6) is 1.62. The van der Waals surface area contributed by atoms with Gasteiger partial charge in [0.15, 0.2) is 5.82 Å². The number of nitrogens with two attached hydrogens (primary N) is 1. The van der Waals surface area contributed by atoms with Crippen molar-refractivity contribution < 1.29 is 0 Å². The van der Waals surface area contributed by atoms with Gasteiger partial charge in [-0.2, -0.15) is 5.10 Å². The average Bonchev–Trinajstić information content (AvgIpc) is 2.28. The van der Waals surface area contributed by atoms with Crippen molar-refractivity contribution in [3.8, 4) is 0 Å². The Hall–Kier alpha value is -1.23. The van der Waals surface area contributed by atoms with Crippen LogP contribution >= 0.6 is 12.2 Å². The Kier molecular flexibility index (Phi) is 3.89. The third kappa shape index (κ3) is 2.72. The Morgan fingerprint density at radius 3 is 2.88 bits per heavy atom. The number of thiocarbonyl (C=S) groups is 1. The Bertz CT molecular complexity index is 403. The highest BCUT2D eigenvalue weighted by atomic mass is 32.1. The van der Waals surface area contributed by atoms with Crippen molar-refractivity contribution >= 4 is 23.0 Å². The fourth-order valence-corrected chi connectivity index (χ4v) is 2.26. The highest BCUT2D eigenvalue weighted by Gasteiger charge is 2.22. The SMILES string of the molecule is CCN(CC1CCC1)c1nnccc1C(N)=S. The molecule has 0 aliphatic heterocycles. The van der Waals surface area contributed by atoms with Gasteiger partial charge in [0.2, 0.25) is 0 Å². The van der Waals surface area contributed by atoms with Crippen molar-refractivity contribution in [2.75, 3.05) is 18.0 Å². The molecule has 0 bridgehead atoms. The van der Waals surface area contributed by atoms with Gasteiger partial charge in [-0.3, -0.25) is 0 Å². The molecule has 1 aliphatic rings. The van der Waals surface area contributed by atoms with Gasteiger partial charge in [0.05, 0.1) is 11.8 Å². The predicted molar refractivity (Wildman–Crippen MR) is 73.1 cm³/mol. The summed E-state index contributed by atoms with van der Waals surface area (Å²) in [4.78, 5) is 2.62. The second kappa shape index (κ2) is 5.40. The Labute approximate surface area is 107 Å². The maximum atomic E-state index is 5.72. The van der Waals surface area contributed by atoms with Crippen LogP contribution in [0, 0.1) is 5.92 Å². The summed E-state index contributed by atoms with van der Waals surface area (Å²) in [5, 5.41) is 8.13. The summed E-state index contributed by atoms with van der Waals surface area (Å²) < 4.78 is 0. The summed E-state index contributed by atoms with van der Waals surface area (Å²) >= 11 is 5.06. The third-order valence-corrected chi connectivity index (χ3v) is 3.57. The lowest BCUT2D eigenvalue weighted by Crippen LogP contribution is -2.34. The van der Waals surface area contributed by atoms with E-state index in [0.29, 0.717) is 4.99 Å². The number of hydrogen-bond acceptors (Lipinski definition) is 4. The van der Waals surface area contributed by atoms with E-state index in [2.05, 4.69) is 22.0 Å². The van der Waals surface area contributed by atoms with Gasteiger partial charge in [0, 0.05) is 13.1 Å². The highest BCUT2D eigenvalue weighted by molar-refractivity contribution is 7.80. The standard InChI is InChI=1S/C12H18N4S/c1-2-16(8-9-4-3-5-9)12-10(11(13)17)6-7-14-15-12/h6-7,9H,2-5,8H2,1H3,(H2,13,17). The van der Waals surface area contributed by atoms with E-state index in [-0.39, 0.29) is 0 Å². The minimum Gasteiger partial charge on any atom is -0.389 e. The van der Waals surface area contributed by atoms with Gasteiger partial charge in [-0.25, -0.2) is 0 Å². The van der Waals surface area contributed by atoms with Crippen LogP contribution < -0.4 is 10.6 Å². The van der Waals surface area contributed by atoms with Gasteiger partial charge >= 0.3 is 0 Å². The first kappa shape index (κ1) is 12.2. The van der Waals surface area contributed by atoms with Crippen molar-refractivity contribution in [3.05, 3.63) is 17.8 Å². The minimum atomic E-state index is 0.391. The summed E-state index contributed by atoms with van der Waals surface area (Å²) in [6, 6.07) is 1.84. The molecular weight excluding hydrogens is 232 g/mol. The molecule has 0 aromatic carbocycles. The predicted octanol–water partition coefficient (Wildman–Crippen LogP) is 1.74. The molecule has 2 N–H and O–H groups in total. The Morgan fingerprint density at radius 1 is 1.59 bits per heavy atom. The Balaban J connectivity index is 2.19. The van der Waals surface area contributed by atoms with Crippen LogP contribution in [-0.2, 0) is 0 Å². The van der Waals surface area contributed by atoms with E-state index < -0.39 is 0 Å². The summed E-state index contributed by atoms with van der Waals surface area (Å²) in [6.45, 7) is 4.06. The van der Waals surface area contributed by atoms with E-state index in [1.165, 1.54) is 19.3 Å². The van der Waals surface area contributed by atoms with Crippen molar-refractivity contribution in [2.24, 2.45) is 11.7 Å². The molecule has 92 valence electrons. The van der Waals surface area contributed by atoms with Crippen LogP contribution in [0.1, 0.15) is 31.7 Å². The van der Waals surface area contributed by atoms with E-state index >= 15 is 0 Å². The average molecular weight is 250 g/mol. The molecule has 2 rings (SSSR count). The van der Waals surface area contributed by atoms with Crippen molar-refractivity contribution in [1.82, 2.24) is 10.2 Å². The zero-order valence-corrected chi connectivity index (χ0v) is 10.9. The van der Waals surface area contributed by atoms with Crippen LogP contribution in [-0.4, -0.2) is 28.3 Å². The molecule has 1 saturated carbocycles. The first-order chi connectivity index (χ1) is 8.22.